The van der Waals surface area contributed by atoms with E-state index in [1.807, 2.05) is 0 Å². The van der Waals surface area contributed by atoms with Crippen molar-refractivity contribution in [2.24, 2.45) is 5.73 Å². The van der Waals surface area contributed by atoms with Crippen molar-refractivity contribution in [1.82, 2.24) is 15.1 Å². The summed E-state index contributed by atoms with van der Waals surface area (Å²) < 4.78 is 27.9. The van der Waals surface area contributed by atoms with Gasteiger partial charge >= 0.3 is 0 Å². The number of benzene rings is 1. The standard InChI is InChI=1S/C16H18Cl2F2N4O/c1-9-12(6-15(25)22-8-16(19,20)7-21)10(2)24(23-9)11-3-4-13(17)14(18)5-11/h3-5H,6-8,21H2,1-2H3,(H,22,25). The van der Waals surface area contributed by atoms with Crippen LogP contribution in [-0.4, -0.2) is 34.7 Å². The summed E-state index contributed by atoms with van der Waals surface area (Å²) >= 11 is 11.9. The Kier molecular flexibility index (Phi) is 6.03. The first-order chi connectivity index (χ1) is 11.6. The molecule has 0 aliphatic heterocycles. The van der Waals surface area contributed by atoms with Crippen molar-refractivity contribution in [3.8, 4) is 5.69 Å². The lowest BCUT2D eigenvalue weighted by Gasteiger charge is -2.14. The second-order valence-corrected chi connectivity index (χ2v) is 6.49. The van der Waals surface area contributed by atoms with Crippen molar-refractivity contribution >= 4 is 29.1 Å². The van der Waals surface area contributed by atoms with Gasteiger partial charge in [0.05, 0.1) is 40.9 Å². The predicted octanol–water partition coefficient (Wildman–Crippen LogP) is 3.05. The minimum Gasteiger partial charge on any atom is -0.350 e. The van der Waals surface area contributed by atoms with E-state index in [0.717, 1.165) is 5.69 Å². The van der Waals surface area contributed by atoms with Gasteiger partial charge in [-0.25, -0.2) is 13.5 Å². The molecule has 0 spiro atoms. The van der Waals surface area contributed by atoms with E-state index in [4.69, 9.17) is 28.9 Å². The molecule has 5 nitrogen and oxygen atoms in total. The molecule has 0 atom stereocenters. The highest BCUT2D eigenvalue weighted by molar-refractivity contribution is 6.42. The fraction of sp³-hybridized carbons (Fsp3) is 0.375. The third-order valence-corrected chi connectivity index (χ3v) is 4.51. The van der Waals surface area contributed by atoms with E-state index < -0.39 is 24.9 Å². The van der Waals surface area contributed by atoms with Gasteiger partial charge in [-0.2, -0.15) is 5.10 Å². The molecular formula is C16H18Cl2F2N4O. The summed E-state index contributed by atoms with van der Waals surface area (Å²) in [6, 6.07) is 5.06. The lowest BCUT2D eigenvalue weighted by molar-refractivity contribution is -0.122. The van der Waals surface area contributed by atoms with Crippen molar-refractivity contribution in [2.75, 3.05) is 13.1 Å². The van der Waals surface area contributed by atoms with Crippen molar-refractivity contribution in [3.05, 3.63) is 45.2 Å². The van der Waals surface area contributed by atoms with Gasteiger partial charge < -0.3 is 11.1 Å². The molecule has 1 heterocycles. The Morgan fingerprint density at radius 3 is 2.60 bits per heavy atom. The number of nitrogens with one attached hydrogen (secondary N) is 1. The summed E-state index contributed by atoms with van der Waals surface area (Å²) in [6.45, 7) is 1.93. The smallest absolute Gasteiger partial charge is 0.277 e. The van der Waals surface area contributed by atoms with Crippen LogP contribution >= 0.6 is 23.2 Å². The van der Waals surface area contributed by atoms with E-state index in [1.54, 1.807) is 36.7 Å². The molecule has 0 unspecified atom stereocenters. The SMILES string of the molecule is Cc1nn(-c2ccc(Cl)c(Cl)c2)c(C)c1CC(=O)NCC(F)(F)CN. The summed E-state index contributed by atoms with van der Waals surface area (Å²) in [7, 11) is 0. The highest BCUT2D eigenvalue weighted by Crippen LogP contribution is 2.26. The maximum Gasteiger partial charge on any atom is 0.277 e. The number of rotatable bonds is 6. The van der Waals surface area contributed by atoms with Gasteiger partial charge in [0.1, 0.15) is 0 Å². The number of carbonyl (C=O) groups is 1. The van der Waals surface area contributed by atoms with Crippen LogP contribution in [0.1, 0.15) is 17.0 Å². The number of halogens is 4. The molecule has 0 fully saturated rings. The van der Waals surface area contributed by atoms with Gasteiger partial charge in [0.15, 0.2) is 0 Å². The zero-order chi connectivity index (χ0) is 18.8. The van der Waals surface area contributed by atoms with Crippen LogP contribution in [0.15, 0.2) is 18.2 Å². The first kappa shape index (κ1) is 19.6. The number of nitrogens with zero attached hydrogens (tertiary/aromatic N) is 2. The van der Waals surface area contributed by atoms with Crippen LogP contribution < -0.4 is 11.1 Å². The van der Waals surface area contributed by atoms with Crippen LogP contribution in [0.25, 0.3) is 5.69 Å². The number of aromatic nitrogens is 2. The molecule has 0 saturated heterocycles. The van der Waals surface area contributed by atoms with Crippen LogP contribution in [0.3, 0.4) is 0 Å². The van der Waals surface area contributed by atoms with Crippen molar-refractivity contribution < 1.29 is 13.6 Å². The van der Waals surface area contributed by atoms with Crippen LogP contribution in [-0.2, 0) is 11.2 Å². The summed E-state index contributed by atoms with van der Waals surface area (Å²) in [5.74, 6) is -3.64. The van der Waals surface area contributed by atoms with E-state index in [-0.39, 0.29) is 6.42 Å². The Balaban J connectivity index is 2.19. The Morgan fingerprint density at radius 2 is 2.00 bits per heavy atom. The normalized spacial score (nSPS) is 11.6. The number of amides is 1. The quantitative estimate of drug-likeness (QED) is 0.795. The third-order valence-electron chi connectivity index (χ3n) is 3.77. The number of aryl methyl sites for hydroxylation is 1. The molecule has 25 heavy (non-hydrogen) atoms. The molecule has 0 saturated carbocycles. The molecule has 3 N–H and O–H groups in total. The highest BCUT2D eigenvalue weighted by Gasteiger charge is 2.27. The van der Waals surface area contributed by atoms with Gasteiger partial charge in [0.25, 0.3) is 5.92 Å². The van der Waals surface area contributed by atoms with E-state index in [0.29, 0.717) is 27.0 Å². The molecule has 9 heteroatoms. The zero-order valence-corrected chi connectivity index (χ0v) is 15.3. The third kappa shape index (κ3) is 4.68. The number of carbonyl (C=O) groups excluding carboxylic acids is 1. The summed E-state index contributed by atoms with van der Waals surface area (Å²) in [5.41, 5.74) is 7.65. The molecule has 0 aliphatic rings. The van der Waals surface area contributed by atoms with Gasteiger partial charge in [0.2, 0.25) is 5.91 Å². The van der Waals surface area contributed by atoms with Gasteiger partial charge in [-0.15, -0.1) is 0 Å². The second kappa shape index (κ2) is 7.68. The van der Waals surface area contributed by atoms with Crippen LogP contribution in [0.4, 0.5) is 8.78 Å². The molecular weight excluding hydrogens is 373 g/mol. The Bertz CT molecular complexity index is 793. The van der Waals surface area contributed by atoms with Gasteiger partial charge in [-0.3, -0.25) is 4.79 Å². The van der Waals surface area contributed by atoms with Gasteiger partial charge in [-0.1, -0.05) is 23.2 Å². The minimum absolute atomic E-state index is 0.0559. The predicted molar refractivity (Wildman–Crippen MR) is 93.8 cm³/mol. The monoisotopic (exact) mass is 390 g/mol. The molecule has 1 aromatic carbocycles. The van der Waals surface area contributed by atoms with Crippen LogP contribution in [0.5, 0.6) is 0 Å². The fourth-order valence-electron chi connectivity index (χ4n) is 2.32. The van der Waals surface area contributed by atoms with Crippen LogP contribution in [0.2, 0.25) is 10.0 Å². The zero-order valence-electron chi connectivity index (χ0n) is 13.7. The van der Waals surface area contributed by atoms with Gasteiger partial charge in [-0.05, 0) is 32.0 Å². The number of hydrogen-bond donors (Lipinski definition) is 2. The molecule has 2 rings (SSSR count). The molecule has 1 aromatic heterocycles. The molecule has 1 amide bonds. The average molecular weight is 391 g/mol. The summed E-state index contributed by atoms with van der Waals surface area (Å²) in [4.78, 5) is 12.0. The first-order valence-electron chi connectivity index (χ1n) is 7.49. The lowest BCUT2D eigenvalue weighted by Crippen LogP contribution is -2.42. The fourth-order valence-corrected chi connectivity index (χ4v) is 2.61. The minimum atomic E-state index is -3.12. The van der Waals surface area contributed by atoms with Crippen LogP contribution in [0, 0.1) is 13.8 Å². The summed E-state index contributed by atoms with van der Waals surface area (Å²) in [5, 5.41) is 7.40. The average Bonchev–Trinajstić information content (AvgIpc) is 2.84. The molecule has 2 aromatic rings. The molecule has 136 valence electrons. The largest absolute Gasteiger partial charge is 0.350 e. The lowest BCUT2D eigenvalue weighted by atomic mass is 10.1. The highest BCUT2D eigenvalue weighted by atomic mass is 35.5. The molecule has 0 bridgehead atoms. The van der Waals surface area contributed by atoms with E-state index >= 15 is 0 Å². The Morgan fingerprint density at radius 1 is 1.32 bits per heavy atom. The van der Waals surface area contributed by atoms with Crippen molar-refractivity contribution in [3.63, 3.8) is 0 Å². The second-order valence-electron chi connectivity index (χ2n) is 5.67. The Labute approximate surface area is 154 Å². The summed E-state index contributed by atoms with van der Waals surface area (Å²) in [6.07, 6.45) is -0.0559. The maximum atomic E-state index is 13.1. The number of hydrogen-bond acceptors (Lipinski definition) is 3. The Hall–Kier alpha value is -1.70. The molecule has 0 radical (unpaired) electrons. The first-order valence-corrected chi connectivity index (χ1v) is 8.25. The number of nitrogens with two attached hydrogens (primary N) is 1. The van der Waals surface area contributed by atoms with E-state index in [2.05, 4.69) is 10.4 Å². The number of alkyl halides is 2. The topological polar surface area (TPSA) is 72.9 Å². The van der Waals surface area contributed by atoms with Crippen molar-refractivity contribution in [1.29, 1.82) is 0 Å². The van der Waals surface area contributed by atoms with E-state index in [1.165, 1.54) is 0 Å². The van der Waals surface area contributed by atoms with Gasteiger partial charge in [0, 0.05) is 11.3 Å². The maximum absolute atomic E-state index is 13.1. The molecule has 0 aliphatic carbocycles. The van der Waals surface area contributed by atoms with Crippen molar-refractivity contribution in [2.45, 2.75) is 26.2 Å². The van der Waals surface area contributed by atoms with E-state index in [9.17, 15) is 13.6 Å².